The number of fused-ring (bicyclic) bond motifs is 2. The van der Waals surface area contributed by atoms with Crippen LogP contribution in [0.25, 0.3) is 0 Å². The molecule has 3 aliphatic carbocycles. The van der Waals surface area contributed by atoms with Gasteiger partial charge in [-0.3, -0.25) is 9.59 Å². The second kappa shape index (κ2) is 5.23. The van der Waals surface area contributed by atoms with E-state index in [1.165, 1.54) is 24.0 Å². The van der Waals surface area contributed by atoms with Crippen molar-refractivity contribution in [1.29, 1.82) is 0 Å². The third-order valence-electron chi connectivity index (χ3n) is 5.64. The summed E-state index contributed by atoms with van der Waals surface area (Å²) in [5.74, 6) is -1.03. The van der Waals surface area contributed by atoms with Crippen LogP contribution in [0.2, 0.25) is 0 Å². The Balaban J connectivity index is 2.09. The van der Waals surface area contributed by atoms with E-state index in [1.807, 2.05) is 0 Å². The lowest BCUT2D eigenvalue weighted by molar-refractivity contribution is -0.136. The Morgan fingerprint density at radius 2 is 1.15 bits per heavy atom. The average Bonchev–Trinajstić information content (AvgIpc) is 2.45. The van der Waals surface area contributed by atoms with Crippen molar-refractivity contribution in [3.8, 4) is 0 Å². The van der Waals surface area contributed by atoms with Crippen molar-refractivity contribution in [3.05, 3.63) is 11.1 Å². The standard InChI is InChI=1S/C16H24N2O2/c17-15(19)13-11-7-3-1-5-9(11)10-6-2-4-8-12(10)14(13)16(18)20/h11-14H,1-8H2,(H2,17,19)(H2,18,20)/t11-,12-,13-,14+/m1/s1. The highest BCUT2D eigenvalue weighted by Gasteiger charge is 2.49. The number of carbonyl (C=O) groups excluding carboxylic acids is 2. The molecule has 0 heterocycles. The Kier molecular flexibility index (Phi) is 3.57. The molecule has 2 saturated carbocycles. The number of carbonyl (C=O) groups is 2. The van der Waals surface area contributed by atoms with Gasteiger partial charge in [0.2, 0.25) is 11.8 Å². The van der Waals surface area contributed by atoms with Crippen LogP contribution in [0.5, 0.6) is 0 Å². The van der Waals surface area contributed by atoms with Gasteiger partial charge in [-0.25, -0.2) is 0 Å². The first-order valence-corrected chi connectivity index (χ1v) is 7.91. The summed E-state index contributed by atoms with van der Waals surface area (Å²) in [5.41, 5.74) is 14.2. The summed E-state index contributed by atoms with van der Waals surface area (Å²) in [6.45, 7) is 0. The van der Waals surface area contributed by atoms with Gasteiger partial charge in [-0.15, -0.1) is 0 Å². The first-order valence-electron chi connectivity index (χ1n) is 7.91. The van der Waals surface area contributed by atoms with Gasteiger partial charge in [0, 0.05) is 0 Å². The molecule has 0 aromatic carbocycles. The monoisotopic (exact) mass is 276 g/mol. The highest BCUT2D eigenvalue weighted by Crippen LogP contribution is 2.52. The zero-order valence-corrected chi connectivity index (χ0v) is 11.9. The van der Waals surface area contributed by atoms with Crippen molar-refractivity contribution < 1.29 is 9.59 Å². The molecular formula is C16H24N2O2. The Morgan fingerprint density at radius 1 is 0.750 bits per heavy atom. The third-order valence-corrected chi connectivity index (χ3v) is 5.64. The lowest BCUT2D eigenvalue weighted by Crippen LogP contribution is -2.50. The van der Waals surface area contributed by atoms with Crippen molar-refractivity contribution in [1.82, 2.24) is 0 Å². The number of primary amides is 2. The summed E-state index contributed by atoms with van der Waals surface area (Å²) in [6, 6.07) is 0. The van der Waals surface area contributed by atoms with Gasteiger partial charge in [0.05, 0.1) is 11.8 Å². The molecule has 4 nitrogen and oxygen atoms in total. The molecule has 4 atom stereocenters. The molecule has 0 unspecified atom stereocenters. The summed E-state index contributed by atoms with van der Waals surface area (Å²) in [4.78, 5) is 24.0. The molecular weight excluding hydrogens is 252 g/mol. The molecule has 0 spiro atoms. The SMILES string of the molecule is NC(=O)[C@@H]1[C@H](C(N)=O)[C@@H]2CCCCC2=C2CCCC[C@H]21. The number of nitrogens with two attached hydrogens (primary N) is 2. The number of amides is 2. The first kappa shape index (κ1) is 13.7. The Labute approximate surface area is 120 Å². The van der Waals surface area contributed by atoms with Crippen molar-refractivity contribution >= 4 is 11.8 Å². The maximum atomic E-state index is 12.0. The van der Waals surface area contributed by atoms with Crippen LogP contribution in [-0.2, 0) is 9.59 Å². The van der Waals surface area contributed by atoms with E-state index in [2.05, 4.69) is 0 Å². The van der Waals surface area contributed by atoms with Crippen molar-refractivity contribution in [2.45, 2.75) is 51.4 Å². The van der Waals surface area contributed by atoms with Crippen LogP contribution in [0.3, 0.4) is 0 Å². The third kappa shape index (κ3) is 2.05. The smallest absolute Gasteiger partial charge is 0.221 e. The maximum Gasteiger partial charge on any atom is 0.221 e. The number of hydrogen-bond donors (Lipinski definition) is 2. The van der Waals surface area contributed by atoms with Gasteiger partial charge < -0.3 is 11.5 Å². The van der Waals surface area contributed by atoms with Crippen LogP contribution in [0.4, 0.5) is 0 Å². The molecule has 0 saturated heterocycles. The number of hydrogen-bond acceptors (Lipinski definition) is 2. The van der Waals surface area contributed by atoms with E-state index in [1.54, 1.807) is 0 Å². The second-order valence-electron chi connectivity index (χ2n) is 6.61. The molecule has 0 radical (unpaired) electrons. The molecule has 0 aromatic heterocycles. The molecule has 0 aromatic rings. The number of rotatable bonds is 2. The van der Waals surface area contributed by atoms with Gasteiger partial charge in [-0.1, -0.05) is 24.0 Å². The van der Waals surface area contributed by atoms with Gasteiger partial charge in [0.1, 0.15) is 0 Å². The van der Waals surface area contributed by atoms with Crippen LogP contribution < -0.4 is 11.5 Å². The van der Waals surface area contributed by atoms with E-state index in [-0.39, 0.29) is 35.5 Å². The molecule has 0 bridgehead atoms. The molecule has 2 amide bonds. The topological polar surface area (TPSA) is 86.2 Å². The van der Waals surface area contributed by atoms with E-state index in [0.717, 1.165) is 38.5 Å². The van der Waals surface area contributed by atoms with Crippen LogP contribution in [0.15, 0.2) is 11.1 Å². The average molecular weight is 276 g/mol. The lowest BCUT2D eigenvalue weighted by Gasteiger charge is -2.47. The summed E-state index contributed by atoms with van der Waals surface area (Å²) < 4.78 is 0. The highest BCUT2D eigenvalue weighted by atomic mass is 16.2. The van der Waals surface area contributed by atoms with Gasteiger partial charge >= 0.3 is 0 Å². The quantitative estimate of drug-likeness (QED) is 0.754. The Bertz CT molecular complexity index is 427. The minimum Gasteiger partial charge on any atom is -0.369 e. The minimum atomic E-state index is -0.366. The minimum absolute atomic E-state index is 0.183. The predicted octanol–water partition coefficient (Wildman–Crippen LogP) is 1.88. The molecule has 3 aliphatic rings. The van der Waals surface area contributed by atoms with Crippen molar-refractivity contribution in [3.63, 3.8) is 0 Å². The van der Waals surface area contributed by atoms with Crippen molar-refractivity contribution in [2.24, 2.45) is 35.1 Å². The summed E-state index contributed by atoms with van der Waals surface area (Å²) >= 11 is 0. The van der Waals surface area contributed by atoms with E-state index in [4.69, 9.17) is 11.5 Å². The summed E-state index contributed by atoms with van der Waals surface area (Å²) in [6.07, 6.45) is 8.82. The fourth-order valence-electron chi connectivity index (χ4n) is 4.92. The van der Waals surface area contributed by atoms with Gasteiger partial charge in [-0.05, 0) is 50.4 Å². The molecule has 3 rings (SSSR count). The zero-order valence-electron chi connectivity index (χ0n) is 11.9. The van der Waals surface area contributed by atoms with Gasteiger partial charge in [-0.2, -0.15) is 0 Å². The van der Waals surface area contributed by atoms with Crippen LogP contribution in [-0.4, -0.2) is 11.8 Å². The normalized spacial score (nSPS) is 37.0. The molecule has 0 aliphatic heterocycles. The molecule has 110 valence electrons. The Morgan fingerprint density at radius 3 is 1.50 bits per heavy atom. The van der Waals surface area contributed by atoms with Gasteiger partial charge in [0.25, 0.3) is 0 Å². The van der Waals surface area contributed by atoms with Crippen LogP contribution >= 0.6 is 0 Å². The fourth-order valence-corrected chi connectivity index (χ4v) is 4.92. The van der Waals surface area contributed by atoms with Crippen LogP contribution in [0.1, 0.15) is 51.4 Å². The summed E-state index contributed by atoms with van der Waals surface area (Å²) in [7, 11) is 0. The fraction of sp³-hybridized carbons (Fsp3) is 0.750. The Hall–Kier alpha value is -1.32. The van der Waals surface area contributed by atoms with Gasteiger partial charge in [0.15, 0.2) is 0 Å². The highest BCUT2D eigenvalue weighted by molar-refractivity contribution is 5.87. The molecule has 4 N–H and O–H groups in total. The lowest BCUT2D eigenvalue weighted by atomic mass is 9.57. The first-order chi connectivity index (χ1) is 9.61. The van der Waals surface area contributed by atoms with E-state index in [9.17, 15) is 9.59 Å². The molecule has 20 heavy (non-hydrogen) atoms. The zero-order chi connectivity index (χ0) is 14.3. The van der Waals surface area contributed by atoms with Crippen LogP contribution in [0, 0.1) is 23.7 Å². The molecule has 4 heteroatoms. The van der Waals surface area contributed by atoms with E-state index >= 15 is 0 Å². The summed E-state index contributed by atoms with van der Waals surface area (Å²) in [5, 5.41) is 0. The molecule has 2 fully saturated rings. The maximum absolute atomic E-state index is 12.0. The predicted molar refractivity (Wildman–Crippen MR) is 76.3 cm³/mol. The number of allylic oxidation sites excluding steroid dienone is 2. The second-order valence-corrected chi connectivity index (χ2v) is 6.61. The largest absolute Gasteiger partial charge is 0.369 e. The van der Waals surface area contributed by atoms with E-state index < -0.39 is 0 Å². The van der Waals surface area contributed by atoms with E-state index in [0.29, 0.717) is 0 Å². The van der Waals surface area contributed by atoms with Crippen molar-refractivity contribution in [2.75, 3.05) is 0 Å².